The van der Waals surface area contributed by atoms with Crippen molar-refractivity contribution in [2.24, 2.45) is 0 Å². The fraction of sp³-hybridized carbons (Fsp3) is 0.294. The fourth-order valence-electron chi connectivity index (χ4n) is 2.56. The quantitative estimate of drug-likeness (QED) is 0.728. The Kier molecular flexibility index (Phi) is 5.95. The third-order valence-electron chi connectivity index (χ3n) is 3.80. The number of methoxy groups -OCH3 is 1. The first-order valence-electron chi connectivity index (χ1n) is 7.38. The van der Waals surface area contributed by atoms with Gasteiger partial charge in [-0.3, -0.25) is 4.72 Å². The SMILES string of the molecule is COc1cc(C)c(S(=O)(=O)Nc2ccc(SC(F)F)cc2)c(C)c1C. The van der Waals surface area contributed by atoms with Crippen LogP contribution in [0.1, 0.15) is 16.7 Å². The van der Waals surface area contributed by atoms with Gasteiger partial charge in [-0.25, -0.2) is 8.42 Å². The lowest BCUT2D eigenvalue weighted by Gasteiger charge is -2.17. The van der Waals surface area contributed by atoms with Gasteiger partial charge in [0.05, 0.1) is 12.0 Å². The Hall–Kier alpha value is -1.80. The van der Waals surface area contributed by atoms with Gasteiger partial charge in [-0.1, -0.05) is 11.8 Å². The number of nitrogens with one attached hydrogen (secondary N) is 1. The van der Waals surface area contributed by atoms with E-state index in [0.717, 1.165) is 5.56 Å². The number of rotatable bonds is 6. The number of anilines is 1. The van der Waals surface area contributed by atoms with Gasteiger partial charge in [-0.05, 0) is 67.8 Å². The summed E-state index contributed by atoms with van der Waals surface area (Å²) in [4.78, 5) is 0.558. The normalized spacial score (nSPS) is 11.6. The second-order valence-corrected chi connectivity index (χ2v) is 8.17. The molecule has 0 unspecified atom stereocenters. The molecule has 0 aliphatic carbocycles. The summed E-state index contributed by atoms with van der Waals surface area (Å²) >= 11 is 0.408. The Morgan fingerprint density at radius 1 is 1.08 bits per heavy atom. The Bertz CT molecular complexity index is 866. The third-order valence-corrected chi connectivity index (χ3v) is 6.19. The van der Waals surface area contributed by atoms with Crippen molar-refractivity contribution in [3.63, 3.8) is 0 Å². The predicted octanol–water partition coefficient (Wildman–Crippen LogP) is 4.74. The summed E-state index contributed by atoms with van der Waals surface area (Å²) in [5, 5.41) is 0. The molecule has 0 fully saturated rings. The molecule has 0 aliphatic heterocycles. The van der Waals surface area contributed by atoms with Crippen LogP contribution >= 0.6 is 11.8 Å². The zero-order valence-corrected chi connectivity index (χ0v) is 15.9. The van der Waals surface area contributed by atoms with E-state index in [9.17, 15) is 17.2 Å². The zero-order valence-electron chi connectivity index (χ0n) is 14.3. The van der Waals surface area contributed by atoms with Gasteiger partial charge >= 0.3 is 0 Å². The predicted molar refractivity (Wildman–Crippen MR) is 96.3 cm³/mol. The van der Waals surface area contributed by atoms with Crippen molar-refractivity contribution in [3.8, 4) is 5.75 Å². The molecule has 2 aromatic carbocycles. The van der Waals surface area contributed by atoms with Gasteiger partial charge in [0.1, 0.15) is 5.75 Å². The van der Waals surface area contributed by atoms with Crippen molar-refractivity contribution in [2.45, 2.75) is 36.3 Å². The number of alkyl halides is 2. The van der Waals surface area contributed by atoms with E-state index < -0.39 is 15.8 Å². The van der Waals surface area contributed by atoms with Gasteiger partial charge in [-0.2, -0.15) is 8.78 Å². The highest BCUT2D eigenvalue weighted by molar-refractivity contribution is 7.99. The Balaban J connectivity index is 2.35. The molecule has 0 bridgehead atoms. The molecule has 1 N–H and O–H groups in total. The average molecular weight is 387 g/mol. The maximum Gasteiger partial charge on any atom is 0.288 e. The van der Waals surface area contributed by atoms with Gasteiger partial charge in [0.2, 0.25) is 0 Å². The van der Waals surface area contributed by atoms with Gasteiger partial charge in [0.15, 0.2) is 0 Å². The Labute approximate surface area is 150 Å². The minimum absolute atomic E-state index is 0.192. The Morgan fingerprint density at radius 2 is 1.68 bits per heavy atom. The molecule has 0 spiro atoms. The smallest absolute Gasteiger partial charge is 0.288 e. The van der Waals surface area contributed by atoms with Crippen LogP contribution in [-0.4, -0.2) is 21.3 Å². The molecule has 25 heavy (non-hydrogen) atoms. The molecule has 0 heterocycles. The molecule has 8 heteroatoms. The molecule has 0 aromatic heterocycles. The first kappa shape index (κ1) is 19.5. The Morgan fingerprint density at radius 3 is 2.20 bits per heavy atom. The van der Waals surface area contributed by atoms with E-state index in [-0.39, 0.29) is 4.90 Å². The van der Waals surface area contributed by atoms with Crippen LogP contribution in [0.4, 0.5) is 14.5 Å². The summed E-state index contributed by atoms with van der Waals surface area (Å²) < 4.78 is 58.0. The van der Waals surface area contributed by atoms with E-state index in [1.165, 1.54) is 31.4 Å². The molecule has 2 aromatic rings. The second-order valence-electron chi connectivity index (χ2n) is 5.48. The molecule has 0 radical (unpaired) electrons. The number of aryl methyl sites for hydroxylation is 1. The van der Waals surface area contributed by atoms with E-state index >= 15 is 0 Å². The molecule has 4 nitrogen and oxygen atoms in total. The van der Waals surface area contributed by atoms with Crippen molar-refractivity contribution in [1.29, 1.82) is 0 Å². The van der Waals surface area contributed by atoms with Crippen molar-refractivity contribution in [3.05, 3.63) is 47.0 Å². The molecule has 0 saturated carbocycles. The maximum absolute atomic E-state index is 12.8. The van der Waals surface area contributed by atoms with Crippen molar-refractivity contribution in [2.75, 3.05) is 11.8 Å². The molecular weight excluding hydrogens is 368 g/mol. The number of ether oxygens (including phenoxy) is 1. The van der Waals surface area contributed by atoms with Crippen molar-refractivity contribution in [1.82, 2.24) is 0 Å². The number of thioether (sulfide) groups is 1. The molecule has 136 valence electrons. The van der Waals surface area contributed by atoms with E-state index in [1.807, 2.05) is 0 Å². The van der Waals surface area contributed by atoms with Crippen LogP contribution in [0.3, 0.4) is 0 Å². The van der Waals surface area contributed by atoms with Gasteiger partial charge in [-0.15, -0.1) is 0 Å². The number of benzene rings is 2. The van der Waals surface area contributed by atoms with Crippen LogP contribution in [0, 0.1) is 20.8 Å². The van der Waals surface area contributed by atoms with Crippen LogP contribution < -0.4 is 9.46 Å². The number of sulfonamides is 1. The van der Waals surface area contributed by atoms with E-state index in [0.29, 0.717) is 39.2 Å². The topological polar surface area (TPSA) is 55.4 Å². The van der Waals surface area contributed by atoms with E-state index in [2.05, 4.69) is 4.72 Å². The minimum atomic E-state index is -3.82. The molecule has 2 rings (SSSR count). The summed E-state index contributed by atoms with van der Waals surface area (Å²) in [6.07, 6.45) is 0. The van der Waals surface area contributed by atoms with Gasteiger partial charge in [0, 0.05) is 10.6 Å². The first-order valence-corrected chi connectivity index (χ1v) is 9.74. The second kappa shape index (κ2) is 7.61. The minimum Gasteiger partial charge on any atom is -0.496 e. The van der Waals surface area contributed by atoms with E-state index in [1.54, 1.807) is 26.8 Å². The molecule has 0 saturated heterocycles. The van der Waals surface area contributed by atoms with Gasteiger partial charge < -0.3 is 4.74 Å². The highest BCUT2D eigenvalue weighted by Crippen LogP contribution is 2.32. The average Bonchev–Trinajstić information content (AvgIpc) is 2.51. The zero-order chi connectivity index (χ0) is 18.8. The number of hydrogen-bond acceptors (Lipinski definition) is 4. The maximum atomic E-state index is 12.8. The van der Waals surface area contributed by atoms with Gasteiger partial charge in [0.25, 0.3) is 15.8 Å². The summed E-state index contributed by atoms with van der Waals surface area (Å²) in [6, 6.07) is 7.51. The summed E-state index contributed by atoms with van der Waals surface area (Å²) in [5.74, 6) is -1.89. The molecule has 0 amide bonds. The summed E-state index contributed by atoms with van der Waals surface area (Å²) in [5.41, 5.74) is 2.23. The molecule has 0 atom stereocenters. The summed E-state index contributed by atoms with van der Waals surface area (Å²) in [6.45, 7) is 5.22. The monoisotopic (exact) mass is 387 g/mol. The number of hydrogen-bond donors (Lipinski definition) is 1. The largest absolute Gasteiger partial charge is 0.496 e. The van der Waals surface area contributed by atoms with Crippen LogP contribution in [0.2, 0.25) is 0 Å². The molecule has 0 aliphatic rings. The summed E-state index contributed by atoms with van der Waals surface area (Å²) in [7, 11) is -2.28. The fourth-order valence-corrected chi connectivity index (χ4v) is 4.64. The first-order chi connectivity index (χ1) is 11.7. The van der Waals surface area contributed by atoms with Crippen LogP contribution in [0.25, 0.3) is 0 Å². The lowest BCUT2D eigenvalue weighted by molar-refractivity contribution is 0.252. The van der Waals surface area contributed by atoms with Crippen LogP contribution in [-0.2, 0) is 10.0 Å². The highest BCUT2D eigenvalue weighted by atomic mass is 32.2. The van der Waals surface area contributed by atoms with E-state index in [4.69, 9.17) is 4.74 Å². The standard InChI is InChI=1S/C17H19F2NO3S2/c1-10-9-15(23-4)11(2)12(3)16(10)25(21,22)20-13-5-7-14(8-6-13)24-17(18)19/h5-9,17,20H,1-4H3. The van der Waals surface area contributed by atoms with Crippen LogP contribution in [0.15, 0.2) is 40.1 Å². The highest BCUT2D eigenvalue weighted by Gasteiger charge is 2.23. The third kappa shape index (κ3) is 4.43. The number of halogens is 2. The van der Waals surface area contributed by atoms with Crippen molar-refractivity contribution >= 4 is 27.5 Å². The molecular formula is C17H19F2NO3S2. The van der Waals surface area contributed by atoms with Crippen molar-refractivity contribution < 1.29 is 21.9 Å². The lowest BCUT2D eigenvalue weighted by atomic mass is 10.1. The lowest BCUT2D eigenvalue weighted by Crippen LogP contribution is -2.16. The van der Waals surface area contributed by atoms with Crippen LogP contribution in [0.5, 0.6) is 5.75 Å².